The second-order valence-corrected chi connectivity index (χ2v) is 4.53. The van der Waals surface area contributed by atoms with Gasteiger partial charge < -0.3 is 5.32 Å². The number of hydrogen-bond acceptors (Lipinski definition) is 1. The highest BCUT2D eigenvalue weighted by molar-refractivity contribution is 5.78. The molecule has 0 aliphatic heterocycles. The van der Waals surface area contributed by atoms with Gasteiger partial charge in [-0.05, 0) is 24.1 Å². The Bertz CT molecular complexity index is 563. The summed E-state index contributed by atoms with van der Waals surface area (Å²) in [4.78, 5) is 11.7. The predicted octanol–water partition coefficient (Wildman–Crippen LogP) is 2.99. The SMILES string of the molecule is Cc1ccc(CNC(=O)Cc2ccccc2F)cc1. The summed E-state index contributed by atoms with van der Waals surface area (Å²) in [5.41, 5.74) is 2.64. The molecule has 0 radical (unpaired) electrons. The van der Waals surface area contributed by atoms with Gasteiger partial charge in [-0.15, -0.1) is 0 Å². The zero-order chi connectivity index (χ0) is 13.7. The van der Waals surface area contributed by atoms with Crippen LogP contribution in [-0.4, -0.2) is 5.91 Å². The summed E-state index contributed by atoms with van der Waals surface area (Å²) in [5, 5.41) is 2.79. The third kappa shape index (κ3) is 3.91. The molecule has 0 saturated carbocycles. The standard InChI is InChI=1S/C16H16FNO/c1-12-6-8-13(9-7-12)11-18-16(19)10-14-4-2-3-5-15(14)17/h2-9H,10-11H2,1H3,(H,18,19). The minimum Gasteiger partial charge on any atom is -0.352 e. The normalized spacial score (nSPS) is 10.2. The van der Waals surface area contributed by atoms with Crippen molar-refractivity contribution >= 4 is 5.91 Å². The molecule has 0 bridgehead atoms. The number of halogens is 1. The molecule has 2 rings (SSSR count). The topological polar surface area (TPSA) is 29.1 Å². The number of amides is 1. The number of hydrogen-bond donors (Lipinski definition) is 1. The Hall–Kier alpha value is -2.16. The van der Waals surface area contributed by atoms with Crippen molar-refractivity contribution in [2.45, 2.75) is 19.9 Å². The fraction of sp³-hybridized carbons (Fsp3) is 0.188. The van der Waals surface area contributed by atoms with Gasteiger partial charge in [-0.3, -0.25) is 4.79 Å². The molecule has 0 saturated heterocycles. The van der Waals surface area contributed by atoms with Crippen LogP contribution in [0.1, 0.15) is 16.7 Å². The lowest BCUT2D eigenvalue weighted by Gasteiger charge is -2.06. The first kappa shape index (κ1) is 13.3. The smallest absolute Gasteiger partial charge is 0.224 e. The number of benzene rings is 2. The summed E-state index contributed by atoms with van der Waals surface area (Å²) >= 11 is 0. The van der Waals surface area contributed by atoms with Gasteiger partial charge in [0.1, 0.15) is 5.82 Å². The maximum absolute atomic E-state index is 13.4. The van der Waals surface area contributed by atoms with Crippen molar-refractivity contribution < 1.29 is 9.18 Å². The van der Waals surface area contributed by atoms with E-state index in [0.717, 1.165) is 5.56 Å². The lowest BCUT2D eigenvalue weighted by Crippen LogP contribution is -2.24. The van der Waals surface area contributed by atoms with E-state index in [1.165, 1.54) is 11.6 Å². The van der Waals surface area contributed by atoms with Crippen LogP contribution in [0.3, 0.4) is 0 Å². The summed E-state index contributed by atoms with van der Waals surface area (Å²) < 4.78 is 13.4. The second-order valence-electron chi connectivity index (χ2n) is 4.53. The van der Waals surface area contributed by atoms with Crippen LogP contribution in [0, 0.1) is 12.7 Å². The molecule has 0 atom stereocenters. The third-order valence-corrected chi connectivity index (χ3v) is 2.92. The van der Waals surface area contributed by atoms with Gasteiger partial charge in [0.05, 0.1) is 6.42 Å². The lowest BCUT2D eigenvalue weighted by atomic mass is 10.1. The zero-order valence-corrected chi connectivity index (χ0v) is 10.8. The van der Waals surface area contributed by atoms with Crippen LogP contribution >= 0.6 is 0 Å². The molecule has 19 heavy (non-hydrogen) atoms. The van der Waals surface area contributed by atoms with E-state index in [4.69, 9.17) is 0 Å². The summed E-state index contributed by atoms with van der Waals surface area (Å²) in [6.07, 6.45) is 0.0680. The number of aryl methyl sites for hydroxylation is 1. The largest absolute Gasteiger partial charge is 0.352 e. The Kier molecular flexibility index (Phi) is 4.29. The van der Waals surface area contributed by atoms with E-state index in [9.17, 15) is 9.18 Å². The molecule has 0 aliphatic rings. The maximum Gasteiger partial charge on any atom is 0.224 e. The molecule has 2 aromatic carbocycles. The Morgan fingerprint density at radius 1 is 1.11 bits per heavy atom. The Morgan fingerprint density at radius 2 is 1.79 bits per heavy atom. The van der Waals surface area contributed by atoms with Crippen LogP contribution < -0.4 is 5.32 Å². The van der Waals surface area contributed by atoms with Crippen LogP contribution in [0.25, 0.3) is 0 Å². The van der Waals surface area contributed by atoms with E-state index in [0.29, 0.717) is 12.1 Å². The van der Waals surface area contributed by atoms with Crippen LogP contribution in [0.4, 0.5) is 4.39 Å². The molecular weight excluding hydrogens is 241 g/mol. The molecule has 0 fully saturated rings. The van der Waals surface area contributed by atoms with Gasteiger partial charge in [0.15, 0.2) is 0 Å². The zero-order valence-electron chi connectivity index (χ0n) is 10.8. The average Bonchev–Trinajstić information content (AvgIpc) is 2.41. The fourth-order valence-corrected chi connectivity index (χ4v) is 1.78. The molecule has 98 valence electrons. The minimum absolute atomic E-state index is 0.0680. The van der Waals surface area contributed by atoms with E-state index >= 15 is 0 Å². The van der Waals surface area contributed by atoms with Crippen molar-refractivity contribution in [1.82, 2.24) is 5.32 Å². The van der Waals surface area contributed by atoms with Gasteiger partial charge in [0, 0.05) is 6.54 Å². The fourth-order valence-electron chi connectivity index (χ4n) is 1.78. The molecule has 1 amide bonds. The maximum atomic E-state index is 13.4. The first-order chi connectivity index (χ1) is 9.15. The molecule has 3 heteroatoms. The van der Waals surface area contributed by atoms with Crippen molar-refractivity contribution in [3.8, 4) is 0 Å². The van der Waals surface area contributed by atoms with Crippen LogP contribution in [-0.2, 0) is 17.8 Å². The number of carbonyl (C=O) groups excluding carboxylic acids is 1. The highest BCUT2D eigenvalue weighted by Gasteiger charge is 2.07. The lowest BCUT2D eigenvalue weighted by molar-refractivity contribution is -0.120. The predicted molar refractivity (Wildman–Crippen MR) is 73.1 cm³/mol. The van der Waals surface area contributed by atoms with Gasteiger partial charge >= 0.3 is 0 Å². The molecule has 0 spiro atoms. The van der Waals surface area contributed by atoms with E-state index in [1.807, 2.05) is 31.2 Å². The van der Waals surface area contributed by atoms with Crippen molar-refractivity contribution in [3.63, 3.8) is 0 Å². The average molecular weight is 257 g/mol. The van der Waals surface area contributed by atoms with E-state index < -0.39 is 0 Å². The molecule has 0 aliphatic carbocycles. The van der Waals surface area contributed by atoms with Crippen LogP contribution in [0.15, 0.2) is 48.5 Å². The van der Waals surface area contributed by atoms with Crippen LogP contribution in [0.5, 0.6) is 0 Å². The van der Waals surface area contributed by atoms with Gasteiger partial charge in [0.25, 0.3) is 0 Å². The third-order valence-electron chi connectivity index (χ3n) is 2.92. The summed E-state index contributed by atoms with van der Waals surface area (Å²) in [7, 11) is 0. The van der Waals surface area contributed by atoms with Crippen molar-refractivity contribution in [2.24, 2.45) is 0 Å². The monoisotopic (exact) mass is 257 g/mol. The summed E-state index contributed by atoms with van der Waals surface area (Å²) in [6.45, 7) is 2.48. The van der Waals surface area contributed by atoms with E-state index in [-0.39, 0.29) is 18.1 Å². The molecule has 2 nitrogen and oxygen atoms in total. The van der Waals surface area contributed by atoms with Gasteiger partial charge in [-0.1, -0.05) is 48.0 Å². The molecule has 2 aromatic rings. The Balaban J connectivity index is 1.88. The quantitative estimate of drug-likeness (QED) is 0.896. The van der Waals surface area contributed by atoms with E-state index in [2.05, 4.69) is 5.32 Å². The highest BCUT2D eigenvalue weighted by Crippen LogP contribution is 2.07. The molecular formula is C16H16FNO. The van der Waals surface area contributed by atoms with Crippen molar-refractivity contribution in [3.05, 3.63) is 71.0 Å². The Labute approximate surface area is 112 Å². The first-order valence-corrected chi connectivity index (χ1v) is 6.21. The van der Waals surface area contributed by atoms with E-state index in [1.54, 1.807) is 18.2 Å². The molecule has 0 heterocycles. The molecule has 0 unspecified atom stereocenters. The van der Waals surface area contributed by atoms with Crippen LogP contribution in [0.2, 0.25) is 0 Å². The van der Waals surface area contributed by atoms with Gasteiger partial charge in [0.2, 0.25) is 5.91 Å². The van der Waals surface area contributed by atoms with Crippen molar-refractivity contribution in [2.75, 3.05) is 0 Å². The van der Waals surface area contributed by atoms with Gasteiger partial charge in [-0.2, -0.15) is 0 Å². The summed E-state index contributed by atoms with van der Waals surface area (Å²) in [6, 6.07) is 14.3. The summed E-state index contributed by atoms with van der Waals surface area (Å²) in [5.74, 6) is -0.515. The van der Waals surface area contributed by atoms with Gasteiger partial charge in [-0.25, -0.2) is 4.39 Å². The Morgan fingerprint density at radius 3 is 2.47 bits per heavy atom. The second kappa shape index (κ2) is 6.14. The number of nitrogens with one attached hydrogen (secondary N) is 1. The first-order valence-electron chi connectivity index (χ1n) is 6.21. The molecule has 0 aromatic heterocycles. The number of rotatable bonds is 4. The molecule has 1 N–H and O–H groups in total. The number of carbonyl (C=O) groups is 1. The van der Waals surface area contributed by atoms with Crippen molar-refractivity contribution in [1.29, 1.82) is 0 Å². The minimum atomic E-state index is -0.340. The highest BCUT2D eigenvalue weighted by atomic mass is 19.1.